The number of hydrogen-bond donors (Lipinski definition) is 1. The minimum atomic E-state index is 0.842. The Morgan fingerprint density at radius 3 is 2.55 bits per heavy atom. The van der Waals surface area contributed by atoms with Crippen molar-refractivity contribution in [1.82, 2.24) is 34.6 Å². The summed E-state index contributed by atoms with van der Waals surface area (Å²) in [5.41, 5.74) is 3.63. The van der Waals surface area contributed by atoms with Crippen LogP contribution in [0.1, 0.15) is 12.0 Å². The molecule has 0 bridgehead atoms. The predicted molar refractivity (Wildman–Crippen MR) is 112 cm³/mol. The van der Waals surface area contributed by atoms with Crippen LogP contribution in [0.15, 0.2) is 55.5 Å². The molecule has 1 N–H and O–H groups in total. The Labute approximate surface area is 169 Å². The van der Waals surface area contributed by atoms with Gasteiger partial charge in [-0.3, -0.25) is 9.47 Å². The fourth-order valence-corrected chi connectivity index (χ4v) is 3.99. The lowest BCUT2D eigenvalue weighted by molar-refractivity contribution is 0.254. The van der Waals surface area contributed by atoms with Gasteiger partial charge in [0, 0.05) is 61.4 Å². The van der Waals surface area contributed by atoms with Crippen LogP contribution in [-0.4, -0.2) is 67.3 Å². The summed E-state index contributed by atoms with van der Waals surface area (Å²) in [6.45, 7) is 5.20. The number of H-pyrrole nitrogens is 1. The minimum absolute atomic E-state index is 0.842. The molecule has 3 aromatic heterocycles. The Kier molecular flexibility index (Phi) is 4.92. The standard InChI is InChI=1S/C21H24N8/c1(8-27-9-11-28(12-10-27)21-22-6-2-7-23-21)3-17-14-24-20-5-4-18(13-19(17)20)29-15-25-26-16-29/h2,4-7,13-16,24H,1,3,8-12H2. The van der Waals surface area contributed by atoms with Crippen LogP contribution in [0, 0.1) is 0 Å². The average Bonchev–Trinajstić information content (AvgIpc) is 3.45. The van der Waals surface area contributed by atoms with Gasteiger partial charge < -0.3 is 9.88 Å². The van der Waals surface area contributed by atoms with Gasteiger partial charge in [-0.25, -0.2) is 9.97 Å². The van der Waals surface area contributed by atoms with Gasteiger partial charge in [0.25, 0.3) is 0 Å². The average molecular weight is 388 g/mol. The van der Waals surface area contributed by atoms with E-state index in [-0.39, 0.29) is 0 Å². The first-order chi connectivity index (χ1) is 14.4. The molecule has 0 unspecified atom stereocenters. The van der Waals surface area contributed by atoms with Gasteiger partial charge in [-0.05, 0) is 49.2 Å². The fraction of sp³-hybridized carbons (Fsp3) is 0.333. The molecule has 1 aliphatic rings. The van der Waals surface area contributed by atoms with Crippen molar-refractivity contribution in [3.05, 3.63) is 61.1 Å². The van der Waals surface area contributed by atoms with Crippen LogP contribution in [0.3, 0.4) is 0 Å². The van der Waals surface area contributed by atoms with Crippen molar-refractivity contribution >= 4 is 16.9 Å². The highest BCUT2D eigenvalue weighted by Gasteiger charge is 2.18. The van der Waals surface area contributed by atoms with Gasteiger partial charge in [0.15, 0.2) is 0 Å². The van der Waals surface area contributed by atoms with Crippen LogP contribution in [0.4, 0.5) is 5.95 Å². The number of anilines is 1. The molecule has 0 saturated carbocycles. The lowest BCUT2D eigenvalue weighted by atomic mass is 10.1. The first kappa shape index (κ1) is 17.8. The number of piperazine rings is 1. The van der Waals surface area contributed by atoms with E-state index in [1.807, 2.05) is 23.0 Å². The number of rotatable bonds is 6. The van der Waals surface area contributed by atoms with Crippen molar-refractivity contribution in [3.63, 3.8) is 0 Å². The summed E-state index contributed by atoms with van der Waals surface area (Å²) >= 11 is 0. The summed E-state index contributed by atoms with van der Waals surface area (Å²) in [6.07, 6.45) is 11.4. The lowest BCUT2D eigenvalue weighted by Gasteiger charge is -2.34. The second kappa shape index (κ2) is 8.00. The molecule has 0 atom stereocenters. The van der Waals surface area contributed by atoms with Crippen LogP contribution in [0.2, 0.25) is 0 Å². The monoisotopic (exact) mass is 388 g/mol. The highest BCUT2D eigenvalue weighted by Crippen LogP contribution is 2.23. The van der Waals surface area contributed by atoms with Crippen LogP contribution < -0.4 is 4.90 Å². The Balaban J connectivity index is 1.17. The van der Waals surface area contributed by atoms with Crippen molar-refractivity contribution in [1.29, 1.82) is 0 Å². The second-order valence-electron chi connectivity index (χ2n) is 7.39. The number of benzene rings is 1. The third-order valence-electron chi connectivity index (χ3n) is 5.60. The van der Waals surface area contributed by atoms with E-state index in [0.717, 1.165) is 57.2 Å². The molecule has 0 amide bonds. The third-order valence-corrected chi connectivity index (χ3v) is 5.60. The normalized spacial score (nSPS) is 15.2. The first-order valence-corrected chi connectivity index (χ1v) is 10.1. The van der Waals surface area contributed by atoms with Gasteiger partial charge in [-0.15, -0.1) is 10.2 Å². The number of aromatic nitrogens is 6. The molecule has 5 rings (SSSR count). The minimum Gasteiger partial charge on any atom is -0.361 e. The van der Waals surface area contributed by atoms with Crippen molar-refractivity contribution in [3.8, 4) is 5.69 Å². The first-order valence-electron chi connectivity index (χ1n) is 10.1. The lowest BCUT2D eigenvalue weighted by Crippen LogP contribution is -2.47. The summed E-state index contributed by atoms with van der Waals surface area (Å²) in [6, 6.07) is 8.28. The number of aryl methyl sites for hydroxylation is 1. The van der Waals surface area contributed by atoms with Crippen molar-refractivity contribution in [2.24, 2.45) is 0 Å². The highest BCUT2D eigenvalue weighted by molar-refractivity contribution is 5.85. The van der Waals surface area contributed by atoms with Crippen LogP contribution in [0.5, 0.6) is 0 Å². The molecule has 8 nitrogen and oxygen atoms in total. The SMILES string of the molecule is c1cnc(N2CCN(CCCc3c[nH]c4ccc(-n5cnnc5)cc34)CC2)nc1. The zero-order chi connectivity index (χ0) is 19.5. The summed E-state index contributed by atoms with van der Waals surface area (Å²) in [5.74, 6) is 0.842. The molecule has 1 saturated heterocycles. The van der Waals surface area contributed by atoms with Crippen LogP contribution >= 0.6 is 0 Å². The van der Waals surface area contributed by atoms with E-state index in [1.165, 1.54) is 16.5 Å². The molecule has 4 aromatic rings. The summed E-state index contributed by atoms with van der Waals surface area (Å²) < 4.78 is 1.94. The molecule has 0 aliphatic carbocycles. The quantitative estimate of drug-likeness (QED) is 0.546. The van der Waals surface area contributed by atoms with E-state index in [0.29, 0.717) is 0 Å². The molecule has 1 fully saturated rings. The Morgan fingerprint density at radius 2 is 1.76 bits per heavy atom. The zero-order valence-corrected chi connectivity index (χ0v) is 16.3. The fourth-order valence-electron chi connectivity index (χ4n) is 3.99. The topological polar surface area (TPSA) is 78.8 Å². The largest absolute Gasteiger partial charge is 0.361 e. The Morgan fingerprint density at radius 1 is 0.966 bits per heavy atom. The molecule has 1 aromatic carbocycles. The van der Waals surface area contributed by atoms with E-state index in [4.69, 9.17) is 0 Å². The van der Waals surface area contributed by atoms with Gasteiger partial charge in [0.2, 0.25) is 5.95 Å². The summed E-state index contributed by atoms with van der Waals surface area (Å²) in [5, 5.41) is 9.09. The molecule has 4 heterocycles. The Hall–Kier alpha value is -3.26. The highest BCUT2D eigenvalue weighted by atomic mass is 15.3. The molecular weight excluding hydrogens is 364 g/mol. The molecular formula is C21H24N8. The van der Waals surface area contributed by atoms with Crippen molar-refractivity contribution in [2.45, 2.75) is 12.8 Å². The summed E-state index contributed by atoms with van der Waals surface area (Å²) in [7, 11) is 0. The van der Waals surface area contributed by atoms with E-state index in [1.54, 1.807) is 12.7 Å². The van der Waals surface area contributed by atoms with Gasteiger partial charge in [0.05, 0.1) is 0 Å². The van der Waals surface area contributed by atoms with Crippen molar-refractivity contribution < 1.29 is 0 Å². The van der Waals surface area contributed by atoms with Gasteiger partial charge in [0.1, 0.15) is 12.7 Å². The van der Waals surface area contributed by atoms with Crippen LogP contribution in [0.25, 0.3) is 16.6 Å². The van der Waals surface area contributed by atoms with E-state index in [2.05, 4.69) is 59.3 Å². The smallest absolute Gasteiger partial charge is 0.225 e. The van der Waals surface area contributed by atoms with Gasteiger partial charge in [-0.2, -0.15) is 0 Å². The Bertz CT molecular complexity index is 1050. The molecule has 148 valence electrons. The number of fused-ring (bicyclic) bond motifs is 1. The van der Waals surface area contributed by atoms with Gasteiger partial charge >= 0.3 is 0 Å². The molecule has 0 spiro atoms. The number of hydrogen-bond acceptors (Lipinski definition) is 6. The van der Waals surface area contributed by atoms with E-state index < -0.39 is 0 Å². The summed E-state index contributed by atoms with van der Waals surface area (Å²) in [4.78, 5) is 16.9. The molecule has 0 radical (unpaired) electrons. The van der Waals surface area contributed by atoms with E-state index in [9.17, 15) is 0 Å². The molecule has 8 heteroatoms. The van der Waals surface area contributed by atoms with Gasteiger partial charge in [-0.1, -0.05) is 0 Å². The molecule has 1 aliphatic heterocycles. The van der Waals surface area contributed by atoms with Crippen LogP contribution in [-0.2, 0) is 6.42 Å². The second-order valence-corrected chi connectivity index (χ2v) is 7.39. The van der Waals surface area contributed by atoms with Crippen molar-refractivity contribution in [2.75, 3.05) is 37.6 Å². The predicted octanol–water partition coefficient (Wildman–Crippen LogP) is 2.29. The maximum Gasteiger partial charge on any atom is 0.225 e. The zero-order valence-electron chi connectivity index (χ0n) is 16.3. The number of nitrogens with zero attached hydrogens (tertiary/aromatic N) is 7. The third kappa shape index (κ3) is 3.84. The maximum atomic E-state index is 4.36. The number of nitrogens with one attached hydrogen (secondary N) is 1. The number of aromatic amines is 1. The maximum absolute atomic E-state index is 4.36. The molecule has 29 heavy (non-hydrogen) atoms. The van der Waals surface area contributed by atoms with E-state index >= 15 is 0 Å².